The summed E-state index contributed by atoms with van der Waals surface area (Å²) in [5.41, 5.74) is 4.10. The molecule has 1 atom stereocenters. The van der Waals surface area contributed by atoms with Crippen molar-refractivity contribution < 1.29 is 27.8 Å². The minimum Gasteiger partial charge on any atom is -0.475 e. The molecule has 180 valence electrons. The van der Waals surface area contributed by atoms with Crippen molar-refractivity contribution in [3.8, 4) is 0 Å². The maximum atomic E-state index is 10.6. The van der Waals surface area contributed by atoms with Gasteiger partial charge in [0.1, 0.15) is 0 Å². The maximum Gasteiger partial charge on any atom is 0.490 e. The molecule has 3 heterocycles. The standard InChI is InChI=1S/C21H28N4O.C2HF3O2/c1-2-18(10-22-8-1)12-24-9-7-19-11-23-25(13-16-3-4-16)21(19)20(24)15-26-14-17-5-6-17;3-2(4,5)1(6)7/h1-2,8,10-11,16-17,20H,3-7,9,12-15H2;(H,6,7). The summed E-state index contributed by atoms with van der Waals surface area (Å²) in [6.07, 6.45) is 7.34. The molecule has 0 saturated heterocycles. The lowest BCUT2D eigenvalue weighted by Gasteiger charge is -2.36. The fraction of sp³-hybridized carbons (Fsp3) is 0.609. The Bertz CT molecular complexity index is 927. The first-order chi connectivity index (χ1) is 15.8. The summed E-state index contributed by atoms with van der Waals surface area (Å²) < 4.78 is 40.2. The molecule has 1 N–H and O–H groups in total. The third-order valence-corrected chi connectivity index (χ3v) is 6.19. The number of hydrogen-bond donors (Lipinski definition) is 1. The first kappa shape index (κ1) is 23.7. The molecule has 2 aliphatic carbocycles. The van der Waals surface area contributed by atoms with Gasteiger partial charge in [-0.3, -0.25) is 14.6 Å². The number of hydrogen-bond acceptors (Lipinski definition) is 5. The molecule has 2 saturated carbocycles. The fourth-order valence-corrected chi connectivity index (χ4v) is 4.03. The number of carbonyl (C=O) groups is 1. The van der Waals surface area contributed by atoms with Crippen LogP contribution in [0.4, 0.5) is 13.2 Å². The van der Waals surface area contributed by atoms with Crippen LogP contribution in [0.15, 0.2) is 30.7 Å². The number of aromatic nitrogens is 3. The van der Waals surface area contributed by atoms with Crippen LogP contribution >= 0.6 is 0 Å². The lowest BCUT2D eigenvalue weighted by molar-refractivity contribution is -0.192. The van der Waals surface area contributed by atoms with Crippen molar-refractivity contribution in [3.05, 3.63) is 47.5 Å². The highest BCUT2D eigenvalue weighted by molar-refractivity contribution is 5.73. The third kappa shape index (κ3) is 6.77. The van der Waals surface area contributed by atoms with E-state index in [1.807, 2.05) is 18.5 Å². The second kappa shape index (κ2) is 10.2. The van der Waals surface area contributed by atoms with E-state index in [1.165, 1.54) is 42.5 Å². The first-order valence-corrected chi connectivity index (χ1v) is 11.4. The molecule has 1 aliphatic heterocycles. The van der Waals surface area contributed by atoms with Gasteiger partial charge < -0.3 is 9.84 Å². The van der Waals surface area contributed by atoms with Gasteiger partial charge in [0, 0.05) is 38.6 Å². The molecule has 0 bridgehead atoms. The zero-order valence-corrected chi connectivity index (χ0v) is 18.4. The summed E-state index contributed by atoms with van der Waals surface area (Å²) in [6, 6.07) is 4.51. The van der Waals surface area contributed by atoms with E-state index in [9.17, 15) is 13.2 Å². The summed E-state index contributed by atoms with van der Waals surface area (Å²) in [6.45, 7) is 4.77. The number of ether oxygens (including phenoxy) is 1. The number of fused-ring (bicyclic) bond motifs is 1. The van der Waals surface area contributed by atoms with Gasteiger partial charge in [-0.25, -0.2) is 4.79 Å². The van der Waals surface area contributed by atoms with Crippen molar-refractivity contribution in [1.82, 2.24) is 19.7 Å². The van der Waals surface area contributed by atoms with Gasteiger partial charge in [0.15, 0.2) is 0 Å². The summed E-state index contributed by atoms with van der Waals surface area (Å²) in [7, 11) is 0. The molecule has 1 unspecified atom stereocenters. The van der Waals surface area contributed by atoms with E-state index in [2.05, 4.69) is 26.8 Å². The molecule has 0 spiro atoms. The minimum atomic E-state index is -5.08. The maximum absolute atomic E-state index is 10.6. The Morgan fingerprint density at radius 2 is 1.88 bits per heavy atom. The topological polar surface area (TPSA) is 80.5 Å². The lowest BCUT2D eigenvalue weighted by Crippen LogP contribution is -2.38. The Hall–Kier alpha value is -2.46. The number of rotatable bonds is 8. The van der Waals surface area contributed by atoms with Crippen molar-refractivity contribution in [1.29, 1.82) is 0 Å². The Morgan fingerprint density at radius 1 is 1.15 bits per heavy atom. The zero-order valence-electron chi connectivity index (χ0n) is 18.4. The van der Waals surface area contributed by atoms with Crippen LogP contribution in [0.3, 0.4) is 0 Å². The highest BCUT2D eigenvalue weighted by Crippen LogP contribution is 2.36. The number of carboxylic acid groups (broad SMARTS) is 1. The van der Waals surface area contributed by atoms with E-state index in [4.69, 9.17) is 19.7 Å². The lowest BCUT2D eigenvalue weighted by atomic mass is 9.99. The second-order valence-electron chi connectivity index (χ2n) is 9.06. The summed E-state index contributed by atoms with van der Waals surface area (Å²) in [4.78, 5) is 15.8. The van der Waals surface area contributed by atoms with E-state index in [0.717, 1.165) is 51.1 Å². The summed E-state index contributed by atoms with van der Waals surface area (Å²) in [5.74, 6) is -1.12. The minimum absolute atomic E-state index is 0.305. The number of nitrogens with zero attached hydrogens (tertiary/aromatic N) is 4. The molecular weight excluding hydrogens is 437 g/mol. The Kier molecular flexibility index (Phi) is 7.33. The molecule has 7 nitrogen and oxygen atoms in total. The van der Waals surface area contributed by atoms with Crippen LogP contribution in [0.1, 0.15) is 48.5 Å². The zero-order chi connectivity index (χ0) is 23.4. The van der Waals surface area contributed by atoms with Crippen LogP contribution in [-0.4, -0.2) is 56.7 Å². The normalized spacial score (nSPS) is 20.6. The van der Waals surface area contributed by atoms with Gasteiger partial charge in [0.25, 0.3) is 0 Å². The molecule has 2 fully saturated rings. The summed E-state index contributed by atoms with van der Waals surface area (Å²) >= 11 is 0. The van der Waals surface area contributed by atoms with Gasteiger partial charge in [-0.1, -0.05) is 6.07 Å². The SMILES string of the molecule is O=C(O)C(F)(F)F.c1cncc(CN2CCc3cnn(CC4CC4)c3C2COCC2CC2)c1. The second-order valence-corrected chi connectivity index (χ2v) is 9.06. The van der Waals surface area contributed by atoms with Crippen LogP contribution in [-0.2, 0) is 29.0 Å². The van der Waals surface area contributed by atoms with Crippen LogP contribution in [0.25, 0.3) is 0 Å². The first-order valence-electron chi connectivity index (χ1n) is 11.4. The number of carboxylic acids is 1. The highest BCUT2D eigenvalue weighted by atomic mass is 19.4. The van der Waals surface area contributed by atoms with Gasteiger partial charge in [-0.2, -0.15) is 18.3 Å². The molecule has 3 aliphatic rings. The van der Waals surface area contributed by atoms with E-state index in [1.54, 1.807) is 0 Å². The average molecular weight is 467 g/mol. The number of pyridine rings is 1. The molecule has 0 amide bonds. The van der Waals surface area contributed by atoms with Gasteiger partial charge >= 0.3 is 12.1 Å². The molecule has 0 radical (unpaired) electrons. The Labute approximate surface area is 190 Å². The van der Waals surface area contributed by atoms with Crippen molar-refractivity contribution in [2.24, 2.45) is 11.8 Å². The smallest absolute Gasteiger partial charge is 0.475 e. The van der Waals surface area contributed by atoms with Crippen molar-refractivity contribution in [3.63, 3.8) is 0 Å². The third-order valence-electron chi connectivity index (χ3n) is 6.19. The van der Waals surface area contributed by atoms with Gasteiger partial charge in [0.2, 0.25) is 0 Å². The van der Waals surface area contributed by atoms with Crippen LogP contribution in [0, 0.1) is 11.8 Å². The van der Waals surface area contributed by atoms with E-state index in [0.29, 0.717) is 6.04 Å². The molecule has 0 aromatic carbocycles. The van der Waals surface area contributed by atoms with Crippen molar-refractivity contribution in [2.75, 3.05) is 19.8 Å². The quantitative estimate of drug-likeness (QED) is 0.637. The monoisotopic (exact) mass is 466 g/mol. The molecule has 2 aromatic rings. The van der Waals surface area contributed by atoms with E-state index in [-0.39, 0.29) is 0 Å². The van der Waals surface area contributed by atoms with Gasteiger partial charge in [-0.15, -0.1) is 0 Å². The predicted octanol–water partition coefficient (Wildman–Crippen LogP) is 3.85. The molecule has 5 rings (SSSR count). The molecule has 2 aromatic heterocycles. The largest absolute Gasteiger partial charge is 0.490 e. The van der Waals surface area contributed by atoms with E-state index < -0.39 is 12.1 Å². The number of halogens is 3. The molecule has 33 heavy (non-hydrogen) atoms. The van der Waals surface area contributed by atoms with Crippen LogP contribution in [0.2, 0.25) is 0 Å². The van der Waals surface area contributed by atoms with Crippen LogP contribution < -0.4 is 0 Å². The van der Waals surface area contributed by atoms with Gasteiger partial charge in [0.05, 0.1) is 24.5 Å². The van der Waals surface area contributed by atoms with Gasteiger partial charge in [-0.05, 0) is 61.1 Å². The summed E-state index contributed by atoms with van der Waals surface area (Å²) in [5, 5.41) is 11.9. The van der Waals surface area contributed by atoms with Crippen molar-refractivity contribution >= 4 is 5.97 Å². The van der Waals surface area contributed by atoms with Crippen molar-refractivity contribution in [2.45, 2.75) is 57.4 Å². The Balaban J connectivity index is 0.000000325. The number of aliphatic carboxylic acids is 1. The highest BCUT2D eigenvalue weighted by Gasteiger charge is 2.38. The molecule has 10 heteroatoms. The van der Waals surface area contributed by atoms with E-state index >= 15 is 0 Å². The average Bonchev–Trinajstić information content (AvgIpc) is 3.70. The number of alkyl halides is 3. The van der Waals surface area contributed by atoms with Crippen LogP contribution in [0.5, 0.6) is 0 Å². The predicted molar refractivity (Wildman–Crippen MR) is 113 cm³/mol. The fourth-order valence-electron chi connectivity index (χ4n) is 4.03. The Morgan fingerprint density at radius 3 is 2.48 bits per heavy atom. The molecular formula is C23H29F3N4O3.